The first kappa shape index (κ1) is 25.5. The second-order valence-corrected chi connectivity index (χ2v) is 9.07. The third-order valence-electron chi connectivity index (χ3n) is 5.28. The van der Waals surface area contributed by atoms with Crippen LogP contribution >= 0.6 is 0 Å². The van der Waals surface area contributed by atoms with Crippen molar-refractivity contribution in [1.29, 1.82) is 0 Å². The lowest BCUT2D eigenvalue weighted by Gasteiger charge is -2.25. The molecule has 0 radical (unpaired) electrons. The van der Waals surface area contributed by atoms with Crippen molar-refractivity contribution in [3.8, 4) is 5.75 Å². The molecule has 184 valence electrons. The van der Waals surface area contributed by atoms with Gasteiger partial charge in [-0.25, -0.2) is 8.42 Å². The lowest BCUT2D eigenvalue weighted by molar-refractivity contribution is -0.384. The zero-order valence-electron chi connectivity index (χ0n) is 19.5. The number of para-hydroxylation sites is 2. The first-order valence-corrected chi connectivity index (χ1v) is 12.3. The summed E-state index contributed by atoms with van der Waals surface area (Å²) in [5.41, 5.74) is 0.803. The van der Waals surface area contributed by atoms with E-state index < -0.39 is 20.9 Å². The summed E-state index contributed by atoms with van der Waals surface area (Å²) in [7, 11) is -2.65. The van der Waals surface area contributed by atoms with Gasteiger partial charge in [0.05, 0.1) is 23.4 Å². The van der Waals surface area contributed by atoms with Gasteiger partial charge in [0.15, 0.2) is 0 Å². The number of nitrogens with one attached hydrogen (secondary N) is 2. The van der Waals surface area contributed by atoms with Gasteiger partial charge in [0, 0.05) is 36.5 Å². The number of carbonyl (C=O) groups is 1. The van der Waals surface area contributed by atoms with E-state index in [1.165, 1.54) is 31.4 Å². The maximum absolute atomic E-state index is 13.5. The summed E-state index contributed by atoms with van der Waals surface area (Å²) in [5, 5.41) is 13.7. The molecule has 0 bridgehead atoms. The van der Waals surface area contributed by atoms with E-state index in [2.05, 4.69) is 10.0 Å². The van der Waals surface area contributed by atoms with Gasteiger partial charge in [-0.15, -0.1) is 0 Å². The van der Waals surface area contributed by atoms with Crippen LogP contribution in [0.1, 0.15) is 24.2 Å². The van der Waals surface area contributed by atoms with Crippen molar-refractivity contribution in [1.82, 2.24) is 0 Å². The van der Waals surface area contributed by atoms with E-state index in [0.29, 0.717) is 24.5 Å². The van der Waals surface area contributed by atoms with Crippen molar-refractivity contribution in [3.63, 3.8) is 0 Å². The molecular weight excluding hydrogens is 472 g/mol. The number of hydrogen-bond donors (Lipinski definition) is 2. The molecule has 0 aliphatic rings. The number of benzene rings is 3. The van der Waals surface area contributed by atoms with Crippen LogP contribution in [0.3, 0.4) is 0 Å². The van der Waals surface area contributed by atoms with Crippen molar-refractivity contribution in [2.75, 3.05) is 35.1 Å². The molecule has 3 aromatic rings. The van der Waals surface area contributed by atoms with Crippen molar-refractivity contribution in [3.05, 3.63) is 82.4 Å². The van der Waals surface area contributed by atoms with Gasteiger partial charge in [-0.3, -0.25) is 19.6 Å². The lowest BCUT2D eigenvalue weighted by Crippen LogP contribution is -2.26. The van der Waals surface area contributed by atoms with Gasteiger partial charge in [-0.2, -0.15) is 0 Å². The highest BCUT2D eigenvalue weighted by Crippen LogP contribution is 2.32. The van der Waals surface area contributed by atoms with Crippen molar-refractivity contribution < 1.29 is 22.9 Å². The van der Waals surface area contributed by atoms with Crippen LogP contribution in [0.15, 0.2) is 71.6 Å². The highest BCUT2D eigenvalue weighted by molar-refractivity contribution is 7.93. The molecule has 2 N–H and O–H groups in total. The Morgan fingerprint density at radius 2 is 1.74 bits per heavy atom. The van der Waals surface area contributed by atoms with Gasteiger partial charge in [-0.05, 0) is 50.2 Å². The minimum absolute atomic E-state index is 0.0380. The monoisotopic (exact) mass is 498 g/mol. The molecular formula is C24H26N4O6S. The number of hydrogen-bond acceptors (Lipinski definition) is 7. The quantitative estimate of drug-likeness (QED) is 0.311. The number of carbonyl (C=O) groups excluding carboxylic acids is 1. The van der Waals surface area contributed by atoms with E-state index in [9.17, 15) is 23.3 Å². The maximum Gasteiger partial charge on any atom is 0.270 e. The van der Waals surface area contributed by atoms with Crippen LogP contribution in [0.5, 0.6) is 5.75 Å². The SMILES string of the molecule is CCN(CC)c1ccc(NC(=O)c2cccc([N+](=O)[O-])c2)cc1S(=O)(=O)Nc1ccccc1OC. The van der Waals surface area contributed by atoms with Gasteiger partial charge < -0.3 is 15.0 Å². The molecule has 3 rings (SSSR count). The lowest BCUT2D eigenvalue weighted by atomic mass is 10.2. The fourth-order valence-corrected chi connectivity index (χ4v) is 4.85. The minimum Gasteiger partial charge on any atom is -0.495 e. The Morgan fingerprint density at radius 1 is 1.03 bits per heavy atom. The Morgan fingerprint density at radius 3 is 2.40 bits per heavy atom. The molecule has 0 unspecified atom stereocenters. The van der Waals surface area contributed by atoms with Crippen LogP contribution in [0.25, 0.3) is 0 Å². The summed E-state index contributed by atoms with van der Waals surface area (Å²) in [6.07, 6.45) is 0. The third kappa shape index (κ3) is 5.87. The number of rotatable bonds is 10. The summed E-state index contributed by atoms with van der Waals surface area (Å²) in [4.78, 5) is 25.0. The number of anilines is 3. The Hall–Kier alpha value is -4.12. The number of sulfonamides is 1. The van der Waals surface area contributed by atoms with Gasteiger partial charge in [0.25, 0.3) is 21.6 Å². The number of nitro benzene ring substituents is 1. The van der Waals surface area contributed by atoms with Gasteiger partial charge in [0.1, 0.15) is 10.6 Å². The number of amides is 1. The predicted molar refractivity (Wildman–Crippen MR) is 135 cm³/mol. The summed E-state index contributed by atoms with van der Waals surface area (Å²) in [6.45, 7) is 4.94. The molecule has 0 atom stereocenters. The smallest absolute Gasteiger partial charge is 0.270 e. The van der Waals surface area contributed by atoms with E-state index in [4.69, 9.17) is 4.74 Å². The third-order valence-corrected chi connectivity index (χ3v) is 6.68. The number of methoxy groups -OCH3 is 1. The largest absolute Gasteiger partial charge is 0.495 e. The van der Waals surface area contributed by atoms with E-state index in [-0.39, 0.29) is 27.5 Å². The topological polar surface area (TPSA) is 131 Å². The molecule has 0 aliphatic carbocycles. The molecule has 0 aromatic heterocycles. The average molecular weight is 499 g/mol. The number of ether oxygens (including phenoxy) is 1. The van der Waals surface area contributed by atoms with Crippen LogP contribution in [-0.4, -0.2) is 39.4 Å². The Balaban J connectivity index is 2.01. The van der Waals surface area contributed by atoms with Crippen molar-refractivity contribution in [2.24, 2.45) is 0 Å². The van der Waals surface area contributed by atoms with E-state index in [1.54, 1.807) is 36.4 Å². The first-order chi connectivity index (χ1) is 16.7. The zero-order valence-corrected chi connectivity index (χ0v) is 20.3. The van der Waals surface area contributed by atoms with Crippen LogP contribution in [0.2, 0.25) is 0 Å². The summed E-state index contributed by atoms with van der Waals surface area (Å²) in [5.74, 6) is -0.249. The van der Waals surface area contributed by atoms with Crippen molar-refractivity contribution >= 4 is 38.7 Å². The second-order valence-electron chi connectivity index (χ2n) is 7.42. The molecule has 0 aliphatic heterocycles. The highest BCUT2D eigenvalue weighted by Gasteiger charge is 2.24. The van der Waals surface area contributed by atoms with Gasteiger partial charge in [0.2, 0.25) is 0 Å². The van der Waals surface area contributed by atoms with Gasteiger partial charge >= 0.3 is 0 Å². The average Bonchev–Trinajstić information content (AvgIpc) is 2.85. The van der Waals surface area contributed by atoms with Gasteiger partial charge in [-0.1, -0.05) is 18.2 Å². The van der Waals surface area contributed by atoms with Crippen LogP contribution in [-0.2, 0) is 10.0 Å². The van der Waals surface area contributed by atoms with Crippen LogP contribution in [0.4, 0.5) is 22.7 Å². The summed E-state index contributed by atoms with van der Waals surface area (Å²) in [6, 6.07) is 16.5. The summed E-state index contributed by atoms with van der Waals surface area (Å²) >= 11 is 0. The normalized spacial score (nSPS) is 10.9. The van der Waals surface area contributed by atoms with E-state index in [0.717, 1.165) is 6.07 Å². The van der Waals surface area contributed by atoms with Crippen molar-refractivity contribution in [2.45, 2.75) is 18.7 Å². The molecule has 0 fully saturated rings. The second kappa shape index (κ2) is 10.9. The van der Waals surface area contributed by atoms with E-state index >= 15 is 0 Å². The molecule has 0 saturated carbocycles. The molecule has 0 spiro atoms. The van der Waals surface area contributed by atoms with Crippen LogP contribution in [0, 0.1) is 10.1 Å². The molecule has 11 heteroatoms. The zero-order chi connectivity index (χ0) is 25.6. The predicted octanol–water partition coefficient (Wildman–Crippen LogP) is 4.50. The first-order valence-electron chi connectivity index (χ1n) is 10.8. The minimum atomic E-state index is -4.09. The number of nitrogens with zero attached hydrogens (tertiary/aromatic N) is 2. The maximum atomic E-state index is 13.5. The Kier molecular flexibility index (Phi) is 7.92. The van der Waals surface area contributed by atoms with E-state index in [1.807, 2.05) is 18.7 Å². The highest BCUT2D eigenvalue weighted by atomic mass is 32.2. The fraction of sp³-hybridized carbons (Fsp3) is 0.208. The molecule has 0 heterocycles. The number of non-ortho nitro benzene ring substituents is 1. The molecule has 3 aromatic carbocycles. The molecule has 35 heavy (non-hydrogen) atoms. The Labute approximate surface area is 203 Å². The fourth-order valence-electron chi connectivity index (χ4n) is 3.53. The number of nitro groups is 1. The molecule has 1 amide bonds. The Bertz CT molecular complexity index is 1340. The molecule has 0 saturated heterocycles. The summed E-state index contributed by atoms with van der Waals surface area (Å²) < 4.78 is 34.8. The van der Waals surface area contributed by atoms with Crippen LogP contribution < -0.4 is 19.7 Å². The molecule has 10 nitrogen and oxygen atoms in total. The standard InChI is InChI=1S/C24H26N4O6S/c1-4-27(5-2)21-14-13-18(25-24(29)17-9-8-10-19(15-17)28(30)31)16-23(21)35(32,33)26-20-11-6-7-12-22(20)34-3/h6-16,26H,4-5H2,1-3H3,(H,25,29).